The summed E-state index contributed by atoms with van der Waals surface area (Å²) in [6.45, 7) is 3.52. The molecule has 14 heteroatoms. The van der Waals surface area contributed by atoms with Gasteiger partial charge in [0, 0.05) is 48.3 Å². The predicted octanol–water partition coefficient (Wildman–Crippen LogP) is -0.536. The number of H-pyrrole nitrogens is 2. The van der Waals surface area contributed by atoms with Gasteiger partial charge < -0.3 is 42.5 Å². The van der Waals surface area contributed by atoms with Gasteiger partial charge in [0.15, 0.2) is 0 Å². The minimum Gasteiger partial charge on any atom is -0.480 e. The highest BCUT2D eigenvalue weighted by Gasteiger charge is 2.31. The number of aromatic nitrogens is 3. The largest absolute Gasteiger partial charge is 0.480 e. The zero-order valence-corrected chi connectivity index (χ0v) is 22.8. The molecule has 3 aromatic rings. The van der Waals surface area contributed by atoms with Gasteiger partial charge >= 0.3 is 5.97 Å². The van der Waals surface area contributed by atoms with E-state index in [1.807, 2.05) is 24.3 Å². The molecule has 3 rings (SSSR count). The maximum Gasteiger partial charge on any atom is 0.326 e. The van der Waals surface area contributed by atoms with E-state index in [1.165, 1.54) is 12.5 Å². The SMILES string of the molecule is CC(C)C(N)C(=O)NC(Cc1cnc[nH]1)C(=O)NC(CCC(N)=O)C(=O)NC(Cc1c[nH]c2ccccc12)C(=O)O. The van der Waals surface area contributed by atoms with E-state index < -0.39 is 53.8 Å². The third-order valence-corrected chi connectivity index (χ3v) is 6.66. The van der Waals surface area contributed by atoms with Crippen LogP contribution in [0.15, 0.2) is 43.0 Å². The van der Waals surface area contributed by atoms with Crippen molar-refractivity contribution in [3.8, 4) is 0 Å². The molecule has 0 fully saturated rings. The third-order valence-electron chi connectivity index (χ3n) is 6.66. The number of nitrogens with one attached hydrogen (secondary N) is 5. The number of fused-ring (bicyclic) bond motifs is 1. The number of carbonyl (C=O) groups is 5. The summed E-state index contributed by atoms with van der Waals surface area (Å²) in [7, 11) is 0. The molecule has 4 unspecified atom stereocenters. The molecule has 0 bridgehead atoms. The monoisotopic (exact) mass is 568 g/mol. The van der Waals surface area contributed by atoms with Crippen molar-refractivity contribution in [2.75, 3.05) is 0 Å². The van der Waals surface area contributed by atoms with Crippen LogP contribution >= 0.6 is 0 Å². The molecule has 2 heterocycles. The standard InChI is InChI=1S/C27H36N8O6/c1-14(2)23(29)26(39)34-20(10-16-12-30-13-32-16)25(38)33-19(7-8-22(28)36)24(37)35-21(27(40)41)9-15-11-31-18-6-4-3-5-17(15)18/h3-6,11-14,19-21,23,31H,7-10,29H2,1-2H3,(H2,28,36)(H,30,32)(H,33,38)(H,34,39)(H,35,37)(H,40,41). The third kappa shape index (κ3) is 8.63. The first kappa shape index (κ1) is 30.8. The van der Waals surface area contributed by atoms with Crippen LogP contribution in [0.1, 0.15) is 37.9 Å². The molecular weight excluding hydrogens is 532 g/mol. The number of nitrogens with zero attached hydrogens (tertiary/aromatic N) is 1. The predicted molar refractivity (Wildman–Crippen MR) is 149 cm³/mol. The van der Waals surface area contributed by atoms with Crippen LogP contribution < -0.4 is 27.4 Å². The Morgan fingerprint density at radius 3 is 2.22 bits per heavy atom. The summed E-state index contributed by atoms with van der Waals surface area (Å²) < 4.78 is 0. The van der Waals surface area contributed by atoms with Crippen LogP contribution in [0.25, 0.3) is 10.9 Å². The minimum absolute atomic E-state index is 0.00482. The number of aromatic amines is 2. The van der Waals surface area contributed by atoms with Crippen LogP contribution in [-0.4, -0.2) is 73.8 Å². The van der Waals surface area contributed by atoms with Gasteiger partial charge in [-0.3, -0.25) is 19.2 Å². The van der Waals surface area contributed by atoms with Crippen molar-refractivity contribution in [3.63, 3.8) is 0 Å². The molecule has 4 amide bonds. The molecule has 0 aliphatic carbocycles. The van der Waals surface area contributed by atoms with Crippen molar-refractivity contribution in [3.05, 3.63) is 54.2 Å². The highest BCUT2D eigenvalue weighted by atomic mass is 16.4. The van der Waals surface area contributed by atoms with Crippen LogP contribution in [-0.2, 0) is 36.8 Å². The molecule has 0 saturated heterocycles. The van der Waals surface area contributed by atoms with Crippen LogP contribution in [0.5, 0.6) is 0 Å². The Morgan fingerprint density at radius 1 is 0.927 bits per heavy atom. The molecule has 41 heavy (non-hydrogen) atoms. The van der Waals surface area contributed by atoms with E-state index in [0.717, 1.165) is 10.9 Å². The van der Waals surface area contributed by atoms with Crippen molar-refractivity contribution in [1.82, 2.24) is 30.9 Å². The van der Waals surface area contributed by atoms with Gasteiger partial charge in [-0.15, -0.1) is 0 Å². The van der Waals surface area contributed by atoms with Gasteiger partial charge in [0.1, 0.15) is 18.1 Å². The molecular formula is C27H36N8O6. The number of hydrogen-bond donors (Lipinski definition) is 8. The number of aliphatic carboxylic acids is 1. The van der Waals surface area contributed by atoms with Gasteiger partial charge in [0.05, 0.1) is 12.4 Å². The smallest absolute Gasteiger partial charge is 0.326 e. The Labute approximate surface area is 236 Å². The molecule has 0 saturated carbocycles. The molecule has 1 aromatic carbocycles. The first-order chi connectivity index (χ1) is 19.5. The Hall–Kier alpha value is -4.72. The average molecular weight is 569 g/mol. The number of carbonyl (C=O) groups excluding carboxylic acids is 4. The first-order valence-corrected chi connectivity index (χ1v) is 13.2. The van der Waals surface area contributed by atoms with E-state index in [-0.39, 0.29) is 31.6 Å². The fourth-order valence-electron chi connectivity index (χ4n) is 4.22. The molecule has 10 N–H and O–H groups in total. The number of primary amides is 1. The van der Waals surface area contributed by atoms with E-state index in [2.05, 4.69) is 30.9 Å². The Bertz CT molecular complexity index is 1370. The summed E-state index contributed by atoms with van der Waals surface area (Å²) in [6.07, 6.45) is 4.09. The Morgan fingerprint density at radius 2 is 1.59 bits per heavy atom. The molecule has 14 nitrogen and oxygen atoms in total. The molecule has 220 valence electrons. The van der Waals surface area contributed by atoms with Gasteiger partial charge in [0.2, 0.25) is 23.6 Å². The number of benzene rings is 1. The van der Waals surface area contributed by atoms with E-state index in [9.17, 15) is 29.1 Å². The topological polar surface area (TPSA) is 238 Å². The van der Waals surface area contributed by atoms with E-state index >= 15 is 0 Å². The lowest BCUT2D eigenvalue weighted by Gasteiger charge is -2.25. The van der Waals surface area contributed by atoms with Gasteiger partial charge in [-0.1, -0.05) is 32.0 Å². The number of amides is 4. The second-order valence-corrected chi connectivity index (χ2v) is 10.1. The van der Waals surface area contributed by atoms with Gasteiger partial charge in [-0.05, 0) is 24.0 Å². The second-order valence-electron chi connectivity index (χ2n) is 10.1. The number of hydrogen-bond acceptors (Lipinski definition) is 7. The zero-order valence-electron chi connectivity index (χ0n) is 22.8. The van der Waals surface area contributed by atoms with Gasteiger partial charge in [-0.2, -0.15) is 0 Å². The normalized spacial score (nSPS) is 14.1. The number of imidazole rings is 1. The van der Waals surface area contributed by atoms with Crippen LogP contribution in [0.3, 0.4) is 0 Å². The lowest BCUT2D eigenvalue weighted by Crippen LogP contribution is -2.58. The van der Waals surface area contributed by atoms with Crippen LogP contribution in [0.4, 0.5) is 0 Å². The quantitative estimate of drug-likeness (QED) is 0.118. The van der Waals surface area contributed by atoms with E-state index in [0.29, 0.717) is 11.3 Å². The number of para-hydroxylation sites is 1. The lowest BCUT2D eigenvalue weighted by molar-refractivity contribution is -0.142. The van der Waals surface area contributed by atoms with Crippen LogP contribution in [0, 0.1) is 5.92 Å². The van der Waals surface area contributed by atoms with E-state index in [1.54, 1.807) is 20.0 Å². The summed E-state index contributed by atoms with van der Waals surface area (Å²) in [5, 5.41) is 18.3. The fraction of sp³-hybridized carbons (Fsp3) is 0.407. The van der Waals surface area contributed by atoms with Gasteiger partial charge in [-0.25, -0.2) is 9.78 Å². The Kier molecular flexibility index (Phi) is 10.6. The highest BCUT2D eigenvalue weighted by Crippen LogP contribution is 2.19. The number of rotatable bonds is 15. The molecule has 0 aliphatic rings. The minimum atomic E-state index is -1.33. The maximum absolute atomic E-state index is 13.4. The summed E-state index contributed by atoms with van der Waals surface area (Å²) in [5.41, 5.74) is 13.2. The highest BCUT2D eigenvalue weighted by molar-refractivity contribution is 5.94. The lowest BCUT2D eigenvalue weighted by atomic mass is 10.0. The van der Waals surface area contributed by atoms with Crippen molar-refractivity contribution in [2.45, 2.75) is 63.7 Å². The molecule has 4 atom stereocenters. The summed E-state index contributed by atoms with van der Waals surface area (Å²) >= 11 is 0. The first-order valence-electron chi connectivity index (χ1n) is 13.2. The van der Waals surface area contributed by atoms with Crippen molar-refractivity contribution >= 4 is 40.5 Å². The molecule has 0 spiro atoms. The Balaban J connectivity index is 1.78. The van der Waals surface area contributed by atoms with Gasteiger partial charge in [0.25, 0.3) is 0 Å². The summed E-state index contributed by atoms with van der Waals surface area (Å²) in [6, 6.07) is 2.63. The van der Waals surface area contributed by atoms with Crippen molar-refractivity contribution < 1.29 is 29.1 Å². The second kappa shape index (κ2) is 14.1. The maximum atomic E-state index is 13.4. The van der Waals surface area contributed by atoms with Crippen molar-refractivity contribution in [2.24, 2.45) is 17.4 Å². The van der Waals surface area contributed by atoms with Crippen molar-refractivity contribution in [1.29, 1.82) is 0 Å². The zero-order chi connectivity index (χ0) is 30.1. The van der Waals surface area contributed by atoms with E-state index in [4.69, 9.17) is 11.5 Å². The number of carboxylic acids is 1. The number of nitrogens with two attached hydrogens (primary N) is 2. The van der Waals surface area contributed by atoms with Crippen LogP contribution in [0.2, 0.25) is 0 Å². The molecule has 0 aliphatic heterocycles. The fourth-order valence-corrected chi connectivity index (χ4v) is 4.22. The summed E-state index contributed by atoms with van der Waals surface area (Å²) in [4.78, 5) is 72.7. The molecule has 2 aromatic heterocycles. The average Bonchev–Trinajstić information content (AvgIpc) is 3.59. The number of carboxylic acid groups (broad SMARTS) is 1. The molecule has 0 radical (unpaired) electrons. The summed E-state index contributed by atoms with van der Waals surface area (Å²) in [5.74, 6) is -4.33.